The minimum atomic E-state index is 0.118. The summed E-state index contributed by atoms with van der Waals surface area (Å²) in [6, 6.07) is 8.25. The average Bonchev–Trinajstić information content (AvgIpc) is 3.29. The lowest BCUT2D eigenvalue weighted by molar-refractivity contribution is 0.0512. The Morgan fingerprint density at radius 3 is 2.31 bits per heavy atom. The van der Waals surface area contributed by atoms with Crippen molar-refractivity contribution in [3.8, 4) is 5.75 Å². The number of fused-ring (bicyclic) bond motifs is 2. The van der Waals surface area contributed by atoms with Gasteiger partial charge in [-0.15, -0.1) is 0 Å². The van der Waals surface area contributed by atoms with Crippen molar-refractivity contribution < 1.29 is 14.3 Å². The summed E-state index contributed by atoms with van der Waals surface area (Å²) in [5.41, 5.74) is 0.719. The van der Waals surface area contributed by atoms with E-state index in [-0.39, 0.29) is 18.0 Å². The number of ether oxygens (including phenoxy) is 2. The van der Waals surface area contributed by atoms with Crippen LogP contribution in [0.1, 0.15) is 42.1 Å². The van der Waals surface area contributed by atoms with Crippen LogP contribution in [0.15, 0.2) is 36.7 Å². The number of aromatic nitrogens is 3. The number of amides is 1. The van der Waals surface area contributed by atoms with Crippen LogP contribution in [0.3, 0.4) is 0 Å². The maximum absolute atomic E-state index is 13.1. The summed E-state index contributed by atoms with van der Waals surface area (Å²) >= 11 is 0. The summed E-state index contributed by atoms with van der Waals surface area (Å²) in [7, 11) is 1.64. The average molecular weight is 356 g/mol. The van der Waals surface area contributed by atoms with Gasteiger partial charge in [-0.2, -0.15) is 15.0 Å². The molecule has 0 aliphatic carbocycles. The van der Waals surface area contributed by atoms with Crippen molar-refractivity contribution in [2.75, 3.05) is 20.3 Å². The molecule has 1 aromatic heterocycles. The number of rotatable bonds is 6. The van der Waals surface area contributed by atoms with Gasteiger partial charge >= 0.3 is 0 Å². The molecule has 2 bridgehead atoms. The van der Waals surface area contributed by atoms with Crippen LogP contribution < -0.4 is 4.74 Å². The summed E-state index contributed by atoms with van der Waals surface area (Å²) in [5, 5.41) is 8.57. The molecule has 7 heteroatoms. The number of carbonyl (C=O) groups excluding carboxylic acids is 1. The predicted octanol–water partition coefficient (Wildman–Crippen LogP) is 2.31. The SMILES string of the molecule is COCCOc1ccc(C(=O)N2C3CCC2CC(n2nccn2)C3)cc1. The van der Waals surface area contributed by atoms with Gasteiger partial charge in [-0.3, -0.25) is 4.79 Å². The number of hydrogen-bond acceptors (Lipinski definition) is 5. The number of hydrogen-bond donors (Lipinski definition) is 0. The second kappa shape index (κ2) is 7.45. The Hall–Kier alpha value is -2.41. The molecule has 2 aromatic rings. The first kappa shape index (κ1) is 17.0. The van der Waals surface area contributed by atoms with E-state index in [0.717, 1.165) is 37.0 Å². The number of nitrogens with zero attached hydrogens (tertiary/aromatic N) is 4. The first-order valence-electron chi connectivity index (χ1n) is 9.16. The molecule has 4 rings (SSSR count). The van der Waals surface area contributed by atoms with E-state index in [1.807, 2.05) is 24.3 Å². The van der Waals surface area contributed by atoms with Gasteiger partial charge in [0.05, 0.1) is 25.0 Å². The molecule has 2 aliphatic heterocycles. The first-order chi connectivity index (χ1) is 12.8. The second-order valence-corrected chi connectivity index (χ2v) is 6.94. The number of benzene rings is 1. The number of carbonyl (C=O) groups is 1. The van der Waals surface area contributed by atoms with Gasteiger partial charge in [-0.1, -0.05) is 0 Å². The van der Waals surface area contributed by atoms with Gasteiger partial charge in [0, 0.05) is 24.8 Å². The van der Waals surface area contributed by atoms with Crippen molar-refractivity contribution in [2.24, 2.45) is 0 Å². The lowest BCUT2D eigenvalue weighted by Crippen LogP contribution is -2.47. The van der Waals surface area contributed by atoms with Crippen LogP contribution in [0.25, 0.3) is 0 Å². The maximum atomic E-state index is 13.1. The molecule has 1 aromatic carbocycles. The zero-order valence-electron chi connectivity index (χ0n) is 15.0. The predicted molar refractivity (Wildman–Crippen MR) is 95.1 cm³/mol. The lowest BCUT2D eigenvalue weighted by Gasteiger charge is -2.38. The minimum Gasteiger partial charge on any atom is -0.491 e. The molecule has 2 aliphatic rings. The van der Waals surface area contributed by atoms with Gasteiger partial charge in [-0.05, 0) is 49.9 Å². The van der Waals surface area contributed by atoms with E-state index in [9.17, 15) is 4.79 Å². The third kappa shape index (κ3) is 3.31. The molecule has 138 valence electrons. The summed E-state index contributed by atoms with van der Waals surface area (Å²) in [6.45, 7) is 1.05. The van der Waals surface area contributed by atoms with E-state index < -0.39 is 0 Å². The van der Waals surface area contributed by atoms with Crippen molar-refractivity contribution in [3.63, 3.8) is 0 Å². The van der Waals surface area contributed by atoms with Crippen LogP contribution >= 0.6 is 0 Å². The van der Waals surface area contributed by atoms with Gasteiger partial charge in [0.2, 0.25) is 0 Å². The molecular weight excluding hydrogens is 332 g/mol. The summed E-state index contributed by atoms with van der Waals surface area (Å²) in [4.78, 5) is 16.9. The van der Waals surface area contributed by atoms with E-state index in [2.05, 4.69) is 15.1 Å². The topological polar surface area (TPSA) is 69.5 Å². The Kier molecular flexibility index (Phi) is 4.88. The smallest absolute Gasteiger partial charge is 0.254 e. The van der Waals surface area contributed by atoms with Crippen LogP contribution in [-0.4, -0.2) is 58.2 Å². The van der Waals surface area contributed by atoms with Gasteiger partial charge in [0.15, 0.2) is 0 Å². The van der Waals surface area contributed by atoms with E-state index in [1.54, 1.807) is 24.3 Å². The zero-order valence-corrected chi connectivity index (χ0v) is 15.0. The largest absolute Gasteiger partial charge is 0.491 e. The third-order valence-corrected chi connectivity index (χ3v) is 5.36. The number of piperidine rings is 1. The third-order valence-electron chi connectivity index (χ3n) is 5.36. The quantitative estimate of drug-likeness (QED) is 0.743. The molecule has 2 saturated heterocycles. The Labute approximate surface area is 152 Å². The minimum absolute atomic E-state index is 0.118. The highest BCUT2D eigenvalue weighted by atomic mass is 16.5. The van der Waals surface area contributed by atoms with Crippen molar-refractivity contribution in [1.29, 1.82) is 0 Å². The van der Waals surface area contributed by atoms with Gasteiger partial charge in [-0.25, -0.2) is 0 Å². The zero-order chi connectivity index (χ0) is 17.9. The molecule has 0 N–H and O–H groups in total. The van der Waals surface area contributed by atoms with Crippen LogP contribution in [0.5, 0.6) is 5.75 Å². The molecule has 26 heavy (non-hydrogen) atoms. The fourth-order valence-corrected chi connectivity index (χ4v) is 4.17. The Bertz CT molecular complexity index is 718. The molecule has 7 nitrogen and oxygen atoms in total. The fourth-order valence-electron chi connectivity index (χ4n) is 4.17. The van der Waals surface area contributed by atoms with E-state index >= 15 is 0 Å². The van der Waals surface area contributed by atoms with Crippen LogP contribution in [0, 0.1) is 0 Å². The van der Waals surface area contributed by atoms with Gasteiger partial charge < -0.3 is 14.4 Å². The molecule has 0 radical (unpaired) electrons. The summed E-state index contributed by atoms with van der Waals surface area (Å²) < 4.78 is 10.5. The summed E-state index contributed by atoms with van der Waals surface area (Å²) in [6.07, 6.45) is 7.41. The monoisotopic (exact) mass is 356 g/mol. The Morgan fingerprint density at radius 2 is 1.69 bits per heavy atom. The standard InChI is InChI=1S/C19H24N4O3/c1-25-10-11-26-18-6-2-14(3-7-18)19(24)22-15-4-5-16(22)13-17(12-15)23-20-8-9-21-23/h2-3,6-9,15-17H,4-5,10-13H2,1H3. The van der Waals surface area contributed by atoms with E-state index in [1.165, 1.54) is 0 Å². The Balaban J connectivity index is 1.42. The maximum Gasteiger partial charge on any atom is 0.254 e. The van der Waals surface area contributed by atoms with Crippen molar-refractivity contribution in [2.45, 2.75) is 43.8 Å². The molecule has 2 fully saturated rings. The van der Waals surface area contributed by atoms with Crippen LogP contribution in [0.2, 0.25) is 0 Å². The first-order valence-corrected chi connectivity index (χ1v) is 9.16. The molecule has 1 amide bonds. The highest BCUT2D eigenvalue weighted by Crippen LogP contribution is 2.41. The molecule has 0 spiro atoms. The van der Waals surface area contributed by atoms with Crippen LogP contribution in [0.4, 0.5) is 0 Å². The van der Waals surface area contributed by atoms with Crippen LogP contribution in [-0.2, 0) is 4.74 Å². The van der Waals surface area contributed by atoms with E-state index in [4.69, 9.17) is 9.47 Å². The molecule has 2 unspecified atom stereocenters. The van der Waals surface area contributed by atoms with Gasteiger partial charge in [0.1, 0.15) is 12.4 Å². The summed E-state index contributed by atoms with van der Waals surface area (Å²) in [5.74, 6) is 0.873. The second-order valence-electron chi connectivity index (χ2n) is 6.94. The molecule has 3 heterocycles. The highest BCUT2D eigenvalue weighted by molar-refractivity contribution is 5.95. The van der Waals surface area contributed by atoms with Crippen molar-refractivity contribution in [3.05, 3.63) is 42.2 Å². The fraction of sp³-hybridized carbons (Fsp3) is 0.526. The lowest BCUT2D eigenvalue weighted by atomic mass is 9.96. The number of methoxy groups -OCH3 is 1. The van der Waals surface area contributed by atoms with Gasteiger partial charge in [0.25, 0.3) is 5.91 Å². The highest BCUT2D eigenvalue weighted by Gasteiger charge is 2.44. The van der Waals surface area contributed by atoms with E-state index in [0.29, 0.717) is 19.3 Å². The molecular formula is C19H24N4O3. The Morgan fingerprint density at radius 1 is 1.04 bits per heavy atom. The normalized spacial score (nSPS) is 24.7. The van der Waals surface area contributed by atoms with Crippen molar-refractivity contribution >= 4 is 5.91 Å². The molecule has 0 saturated carbocycles. The molecule has 2 atom stereocenters. The van der Waals surface area contributed by atoms with Crippen molar-refractivity contribution in [1.82, 2.24) is 19.9 Å².